The van der Waals surface area contributed by atoms with Crippen LogP contribution in [-0.2, 0) is 6.54 Å². The maximum absolute atomic E-state index is 13.3. The van der Waals surface area contributed by atoms with Crippen molar-refractivity contribution >= 4 is 5.91 Å². The fraction of sp³-hybridized carbons (Fsp3) is 0.409. The van der Waals surface area contributed by atoms with Crippen molar-refractivity contribution in [3.8, 4) is 5.69 Å². The summed E-state index contributed by atoms with van der Waals surface area (Å²) in [5, 5.41) is 8.72. The Hall–Kier alpha value is -2.93. The quantitative estimate of drug-likeness (QED) is 0.669. The van der Waals surface area contributed by atoms with Crippen LogP contribution in [-0.4, -0.2) is 56.8 Å². The Morgan fingerprint density at radius 2 is 1.86 bits per heavy atom. The van der Waals surface area contributed by atoms with Gasteiger partial charge in [0.05, 0.1) is 23.6 Å². The molecule has 150 valence electrons. The summed E-state index contributed by atoms with van der Waals surface area (Å²) in [6.07, 6.45) is 2.33. The second-order valence-corrected chi connectivity index (χ2v) is 7.98. The lowest BCUT2D eigenvalue weighted by Gasteiger charge is -2.34. The Labute approximate surface area is 169 Å². The molecule has 7 nitrogen and oxygen atoms in total. The van der Waals surface area contributed by atoms with Crippen LogP contribution in [0.2, 0.25) is 0 Å². The fourth-order valence-electron chi connectivity index (χ4n) is 3.88. The molecule has 1 saturated carbocycles. The van der Waals surface area contributed by atoms with Crippen LogP contribution in [0.4, 0.5) is 0 Å². The maximum Gasteiger partial charge on any atom is 0.272 e. The molecule has 1 saturated heterocycles. The molecule has 0 N–H and O–H groups in total. The van der Waals surface area contributed by atoms with E-state index < -0.39 is 0 Å². The average Bonchev–Trinajstić information content (AvgIpc) is 3.38. The van der Waals surface area contributed by atoms with Gasteiger partial charge in [0.25, 0.3) is 5.91 Å². The highest BCUT2D eigenvalue weighted by molar-refractivity contribution is 5.93. The van der Waals surface area contributed by atoms with Crippen molar-refractivity contribution in [2.24, 2.45) is 0 Å². The lowest BCUT2D eigenvalue weighted by Crippen LogP contribution is -2.48. The molecule has 1 aliphatic heterocycles. The topological polar surface area (TPSA) is 67.4 Å². The van der Waals surface area contributed by atoms with Gasteiger partial charge in [-0.2, -0.15) is 5.10 Å². The van der Waals surface area contributed by atoms with Gasteiger partial charge in [0.1, 0.15) is 5.69 Å². The summed E-state index contributed by atoms with van der Waals surface area (Å²) in [5.41, 5.74) is 3.53. The molecule has 0 unspecified atom stereocenters. The summed E-state index contributed by atoms with van der Waals surface area (Å²) in [7, 11) is 0. The third-order valence-corrected chi connectivity index (χ3v) is 5.66. The number of aryl methyl sites for hydroxylation is 1. The zero-order valence-corrected chi connectivity index (χ0v) is 16.6. The van der Waals surface area contributed by atoms with Gasteiger partial charge in [-0.3, -0.25) is 9.69 Å². The molecule has 1 aliphatic carbocycles. The van der Waals surface area contributed by atoms with Crippen molar-refractivity contribution in [3.63, 3.8) is 0 Å². The Balaban J connectivity index is 1.31. The van der Waals surface area contributed by atoms with Crippen LogP contribution >= 0.6 is 0 Å². The van der Waals surface area contributed by atoms with Gasteiger partial charge in [-0.1, -0.05) is 23.4 Å². The van der Waals surface area contributed by atoms with Gasteiger partial charge in [0.2, 0.25) is 0 Å². The number of nitrogens with zero attached hydrogens (tertiary/aromatic N) is 5. The molecule has 3 heterocycles. The number of para-hydroxylation sites is 1. The molecule has 29 heavy (non-hydrogen) atoms. The zero-order valence-electron chi connectivity index (χ0n) is 16.6. The standard InChI is InChI=1S/C22H25N5O2/c1-16-13-19(29-24-16)15-25-9-11-26(12-10-25)22(28)21-14-20(17-7-8-17)23-27(21)18-5-3-2-4-6-18/h2-6,13-14,17H,7-12,15H2,1H3. The predicted molar refractivity (Wildman–Crippen MR) is 108 cm³/mol. The minimum absolute atomic E-state index is 0.0587. The normalized spacial score (nSPS) is 17.6. The largest absolute Gasteiger partial charge is 0.360 e. The SMILES string of the molecule is Cc1cc(CN2CCN(C(=O)c3cc(C4CC4)nn3-c3ccccc3)CC2)on1. The highest BCUT2D eigenvalue weighted by atomic mass is 16.5. The highest BCUT2D eigenvalue weighted by Gasteiger charge is 2.31. The summed E-state index contributed by atoms with van der Waals surface area (Å²) >= 11 is 0. The van der Waals surface area contributed by atoms with E-state index in [4.69, 9.17) is 9.62 Å². The summed E-state index contributed by atoms with van der Waals surface area (Å²) < 4.78 is 7.14. The second-order valence-electron chi connectivity index (χ2n) is 7.98. The van der Waals surface area contributed by atoms with Gasteiger partial charge in [-0.25, -0.2) is 4.68 Å². The van der Waals surface area contributed by atoms with Crippen LogP contribution in [0, 0.1) is 6.92 Å². The first-order valence-electron chi connectivity index (χ1n) is 10.3. The van der Waals surface area contributed by atoms with E-state index in [1.165, 1.54) is 12.8 Å². The number of rotatable bonds is 5. The molecule has 0 spiro atoms. The molecule has 2 fully saturated rings. The molecule has 1 aromatic carbocycles. The molecule has 3 aromatic rings. The molecule has 1 amide bonds. The molecular formula is C22H25N5O2. The van der Waals surface area contributed by atoms with E-state index >= 15 is 0 Å². The number of piperazine rings is 1. The molecule has 0 atom stereocenters. The second kappa shape index (κ2) is 7.48. The molecule has 5 rings (SSSR count). The van der Waals surface area contributed by atoms with Crippen molar-refractivity contribution in [1.29, 1.82) is 0 Å². The molecule has 0 bridgehead atoms. The summed E-state index contributed by atoms with van der Waals surface area (Å²) in [5.74, 6) is 1.44. The number of carbonyl (C=O) groups is 1. The molecule has 2 aliphatic rings. The van der Waals surface area contributed by atoms with Crippen molar-refractivity contribution < 1.29 is 9.32 Å². The first-order chi connectivity index (χ1) is 14.2. The summed E-state index contributed by atoms with van der Waals surface area (Å²) in [6, 6.07) is 13.9. The van der Waals surface area contributed by atoms with Crippen LogP contribution in [0.3, 0.4) is 0 Å². The van der Waals surface area contributed by atoms with Gasteiger partial charge >= 0.3 is 0 Å². The smallest absolute Gasteiger partial charge is 0.272 e. The van der Waals surface area contributed by atoms with Crippen LogP contribution in [0.15, 0.2) is 47.0 Å². The van der Waals surface area contributed by atoms with Crippen molar-refractivity contribution in [3.05, 3.63) is 65.3 Å². The van der Waals surface area contributed by atoms with E-state index in [0.29, 0.717) is 24.7 Å². The number of carbonyl (C=O) groups excluding carboxylic acids is 1. The van der Waals surface area contributed by atoms with Gasteiger partial charge in [0, 0.05) is 38.2 Å². The van der Waals surface area contributed by atoms with Gasteiger partial charge in [-0.05, 0) is 38.0 Å². The van der Waals surface area contributed by atoms with Crippen molar-refractivity contribution in [2.45, 2.75) is 32.2 Å². The Kier molecular flexibility index (Phi) is 4.67. The van der Waals surface area contributed by atoms with Gasteiger partial charge in [0.15, 0.2) is 5.76 Å². The van der Waals surface area contributed by atoms with Crippen LogP contribution in [0.25, 0.3) is 5.69 Å². The van der Waals surface area contributed by atoms with E-state index in [0.717, 1.165) is 42.5 Å². The highest BCUT2D eigenvalue weighted by Crippen LogP contribution is 2.39. The molecular weight excluding hydrogens is 366 g/mol. The number of benzene rings is 1. The Bertz CT molecular complexity index is 997. The zero-order chi connectivity index (χ0) is 19.8. The molecule has 0 radical (unpaired) electrons. The molecule has 7 heteroatoms. The minimum Gasteiger partial charge on any atom is -0.360 e. The monoisotopic (exact) mass is 391 g/mol. The van der Waals surface area contributed by atoms with Crippen LogP contribution < -0.4 is 0 Å². The van der Waals surface area contributed by atoms with Crippen LogP contribution in [0.1, 0.15) is 46.4 Å². The number of hydrogen-bond donors (Lipinski definition) is 0. The lowest BCUT2D eigenvalue weighted by atomic mass is 10.2. The lowest BCUT2D eigenvalue weighted by molar-refractivity contribution is 0.0608. The van der Waals surface area contributed by atoms with E-state index in [9.17, 15) is 4.79 Å². The van der Waals surface area contributed by atoms with E-state index in [-0.39, 0.29) is 5.91 Å². The number of aromatic nitrogens is 3. The first-order valence-corrected chi connectivity index (χ1v) is 10.3. The van der Waals surface area contributed by atoms with Crippen molar-refractivity contribution in [1.82, 2.24) is 24.7 Å². The van der Waals surface area contributed by atoms with Crippen molar-refractivity contribution in [2.75, 3.05) is 26.2 Å². The predicted octanol–water partition coefficient (Wildman–Crippen LogP) is 3.00. The maximum atomic E-state index is 13.3. The average molecular weight is 391 g/mol. The van der Waals surface area contributed by atoms with Crippen LogP contribution in [0.5, 0.6) is 0 Å². The number of amides is 1. The number of hydrogen-bond acceptors (Lipinski definition) is 5. The van der Waals surface area contributed by atoms with Gasteiger partial charge in [-0.15, -0.1) is 0 Å². The van der Waals surface area contributed by atoms with E-state index in [1.54, 1.807) is 0 Å². The third kappa shape index (κ3) is 3.82. The van der Waals surface area contributed by atoms with E-state index in [1.807, 2.05) is 59.0 Å². The Morgan fingerprint density at radius 3 is 2.52 bits per heavy atom. The Morgan fingerprint density at radius 1 is 1.10 bits per heavy atom. The third-order valence-electron chi connectivity index (χ3n) is 5.66. The van der Waals surface area contributed by atoms with E-state index in [2.05, 4.69) is 10.1 Å². The summed E-state index contributed by atoms with van der Waals surface area (Å²) in [4.78, 5) is 17.6. The molecule has 2 aromatic heterocycles. The fourth-order valence-corrected chi connectivity index (χ4v) is 3.88. The minimum atomic E-state index is 0.0587. The van der Waals surface area contributed by atoms with Gasteiger partial charge < -0.3 is 9.42 Å². The first kappa shape index (κ1) is 18.1. The summed E-state index contributed by atoms with van der Waals surface area (Å²) in [6.45, 7) is 5.70.